The summed E-state index contributed by atoms with van der Waals surface area (Å²) in [5, 5.41) is 9.43. The van der Waals surface area contributed by atoms with Crippen LogP contribution in [0.1, 0.15) is 27.9 Å². The first-order valence-electron chi connectivity index (χ1n) is 11.4. The van der Waals surface area contributed by atoms with Crippen molar-refractivity contribution in [3.05, 3.63) is 58.4 Å². The number of H-pyrrole nitrogens is 1. The summed E-state index contributed by atoms with van der Waals surface area (Å²) >= 11 is 0. The van der Waals surface area contributed by atoms with Gasteiger partial charge in [0.1, 0.15) is 27.7 Å². The lowest BCUT2D eigenvalue weighted by atomic mass is 10.1. The van der Waals surface area contributed by atoms with Gasteiger partial charge in [0.25, 0.3) is 10.0 Å². The minimum atomic E-state index is -4.25. The van der Waals surface area contributed by atoms with Crippen LogP contribution in [0.15, 0.2) is 45.4 Å². The molecule has 0 saturated heterocycles. The number of aromatic amines is 1. The Morgan fingerprint density at radius 2 is 1.61 bits per heavy atom. The fourth-order valence-corrected chi connectivity index (χ4v) is 7.41. The van der Waals surface area contributed by atoms with Gasteiger partial charge in [0.2, 0.25) is 15.0 Å². The van der Waals surface area contributed by atoms with E-state index in [0.717, 1.165) is 5.56 Å². The Balaban J connectivity index is 1.81. The SMILES string of the molecule is COc1ccc2[nH]c(S(=O)(=O)NCc3ncc(C)c(OC)c3C)nc2c1S(=O)(=O)c1c(C)cc(O)cc1C. The highest BCUT2D eigenvalue weighted by Gasteiger charge is 2.31. The monoisotopic (exact) mass is 560 g/mol. The van der Waals surface area contributed by atoms with Crippen LogP contribution >= 0.6 is 0 Å². The summed E-state index contributed by atoms with van der Waals surface area (Å²) in [5.41, 5.74) is 2.71. The summed E-state index contributed by atoms with van der Waals surface area (Å²) in [6.07, 6.45) is 1.59. The number of pyridine rings is 1. The highest BCUT2D eigenvalue weighted by Crippen LogP contribution is 2.38. The molecule has 2 aromatic heterocycles. The zero-order valence-electron chi connectivity index (χ0n) is 21.7. The maximum Gasteiger partial charge on any atom is 0.274 e. The summed E-state index contributed by atoms with van der Waals surface area (Å²) in [5.74, 6) is 0.540. The molecule has 0 saturated carbocycles. The number of aromatic nitrogens is 3. The highest BCUT2D eigenvalue weighted by molar-refractivity contribution is 7.92. The quantitative estimate of drug-likeness (QED) is 0.294. The Hall–Kier alpha value is -3.68. The lowest BCUT2D eigenvalue weighted by Crippen LogP contribution is -2.25. The number of nitrogens with one attached hydrogen (secondary N) is 2. The molecule has 0 aliphatic rings. The normalized spacial score (nSPS) is 12.2. The number of fused-ring (bicyclic) bond motifs is 1. The highest BCUT2D eigenvalue weighted by atomic mass is 32.2. The van der Waals surface area contributed by atoms with Gasteiger partial charge in [-0.05, 0) is 63.1 Å². The Morgan fingerprint density at radius 1 is 0.947 bits per heavy atom. The number of rotatable bonds is 8. The van der Waals surface area contributed by atoms with Gasteiger partial charge in [-0.2, -0.15) is 0 Å². The molecule has 0 fully saturated rings. The number of benzene rings is 2. The molecule has 4 rings (SSSR count). The second-order valence-electron chi connectivity index (χ2n) is 8.82. The van der Waals surface area contributed by atoms with Crippen LogP contribution in [0.25, 0.3) is 11.0 Å². The smallest absolute Gasteiger partial charge is 0.274 e. The number of aryl methyl sites for hydroxylation is 3. The van der Waals surface area contributed by atoms with Gasteiger partial charge in [0.05, 0.1) is 36.9 Å². The standard InChI is InChI=1S/C25H28N4O7S2/c1-13-9-17(30)10-14(2)23(13)37(31,32)24-20(35-5)8-7-18-21(24)29-25(28-18)38(33,34)27-12-19-16(4)22(36-6)15(3)11-26-19/h7-11,27,30H,12H2,1-6H3,(H,28,29). The summed E-state index contributed by atoms with van der Waals surface area (Å²) in [7, 11) is -5.61. The predicted octanol–water partition coefficient (Wildman–Crippen LogP) is 3.23. The summed E-state index contributed by atoms with van der Waals surface area (Å²) in [4.78, 5) is 10.9. The molecule has 4 aromatic rings. The molecule has 11 nitrogen and oxygen atoms in total. The van der Waals surface area contributed by atoms with Gasteiger partial charge in [0, 0.05) is 17.3 Å². The molecule has 13 heteroatoms. The van der Waals surface area contributed by atoms with E-state index in [1.165, 1.54) is 38.5 Å². The van der Waals surface area contributed by atoms with E-state index in [2.05, 4.69) is 19.7 Å². The Kier molecular flexibility index (Phi) is 7.12. The number of imidazole rings is 1. The van der Waals surface area contributed by atoms with Crippen LogP contribution in [0.2, 0.25) is 0 Å². The maximum absolute atomic E-state index is 13.9. The van der Waals surface area contributed by atoms with E-state index in [9.17, 15) is 21.9 Å². The van der Waals surface area contributed by atoms with Gasteiger partial charge >= 0.3 is 0 Å². The molecule has 202 valence electrons. The van der Waals surface area contributed by atoms with Crippen LogP contribution in [0.5, 0.6) is 17.2 Å². The van der Waals surface area contributed by atoms with E-state index in [1.54, 1.807) is 27.0 Å². The van der Waals surface area contributed by atoms with Crippen LogP contribution < -0.4 is 14.2 Å². The molecule has 0 aliphatic carbocycles. The number of phenolic OH excluding ortho intramolecular Hbond substituents is 1. The Bertz CT molecular complexity index is 1760. The van der Waals surface area contributed by atoms with Crippen molar-refractivity contribution in [2.45, 2.75) is 49.2 Å². The number of ether oxygens (including phenoxy) is 2. The third-order valence-electron chi connectivity index (χ3n) is 6.19. The van der Waals surface area contributed by atoms with Crippen molar-refractivity contribution in [1.29, 1.82) is 0 Å². The lowest BCUT2D eigenvalue weighted by Gasteiger charge is -2.14. The van der Waals surface area contributed by atoms with Crippen molar-refractivity contribution in [3.63, 3.8) is 0 Å². The van der Waals surface area contributed by atoms with Crippen LogP contribution in [0.4, 0.5) is 0 Å². The molecule has 0 unspecified atom stereocenters. The minimum Gasteiger partial charge on any atom is -0.508 e. The molecular formula is C25H28N4O7S2. The van der Waals surface area contributed by atoms with Crippen molar-refractivity contribution < 1.29 is 31.4 Å². The number of sulfonamides is 1. The summed E-state index contributed by atoms with van der Waals surface area (Å²) in [6.45, 7) is 6.60. The number of aromatic hydroxyl groups is 1. The van der Waals surface area contributed by atoms with Gasteiger partial charge in [-0.3, -0.25) is 4.98 Å². The van der Waals surface area contributed by atoms with E-state index < -0.39 is 25.0 Å². The number of sulfone groups is 1. The first kappa shape index (κ1) is 27.4. The number of methoxy groups -OCH3 is 2. The Morgan fingerprint density at radius 3 is 2.21 bits per heavy atom. The first-order chi connectivity index (χ1) is 17.8. The van der Waals surface area contributed by atoms with Crippen molar-refractivity contribution in [2.75, 3.05) is 14.2 Å². The van der Waals surface area contributed by atoms with Gasteiger partial charge in [0.15, 0.2) is 0 Å². The van der Waals surface area contributed by atoms with E-state index in [4.69, 9.17) is 9.47 Å². The molecule has 0 amide bonds. The lowest BCUT2D eigenvalue weighted by molar-refractivity contribution is 0.404. The van der Waals surface area contributed by atoms with Crippen LogP contribution in [-0.2, 0) is 26.4 Å². The van der Waals surface area contributed by atoms with Crippen molar-refractivity contribution in [1.82, 2.24) is 19.7 Å². The van der Waals surface area contributed by atoms with E-state index in [0.29, 0.717) is 28.1 Å². The van der Waals surface area contributed by atoms with Crippen molar-refractivity contribution in [3.8, 4) is 17.2 Å². The van der Waals surface area contributed by atoms with Gasteiger partial charge in [-0.15, -0.1) is 0 Å². The fourth-order valence-electron chi connectivity index (χ4n) is 4.49. The van der Waals surface area contributed by atoms with Gasteiger partial charge in [-0.25, -0.2) is 26.5 Å². The third kappa shape index (κ3) is 4.68. The minimum absolute atomic E-state index is 0.000595. The van der Waals surface area contributed by atoms with Crippen LogP contribution in [-0.4, -0.2) is 51.1 Å². The molecule has 38 heavy (non-hydrogen) atoms. The van der Waals surface area contributed by atoms with E-state index >= 15 is 0 Å². The maximum atomic E-state index is 13.9. The van der Waals surface area contributed by atoms with E-state index in [1.807, 2.05) is 6.92 Å². The van der Waals surface area contributed by atoms with Crippen molar-refractivity contribution >= 4 is 30.9 Å². The molecule has 0 atom stereocenters. The molecule has 0 aliphatic heterocycles. The van der Waals surface area contributed by atoms with Gasteiger partial charge < -0.3 is 19.6 Å². The number of phenols is 1. The zero-order valence-corrected chi connectivity index (χ0v) is 23.3. The van der Waals surface area contributed by atoms with Crippen molar-refractivity contribution in [2.24, 2.45) is 0 Å². The molecule has 0 spiro atoms. The zero-order chi connectivity index (χ0) is 28.0. The predicted molar refractivity (Wildman–Crippen MR) is 140 cm³/mol. The number of nitrogens with zero attached hydrogens (tertiary/aromatic N) is 2. The molecule has 2 aromatic carbocycles. The summed E-state index contributed by atoms with van der Waals surface area (Å²) < 4.78 is 67.3. The summed E-state index contributed by atoms with van der Waals surface area (Å²) in [6, 6.07) is 5.60. The molecule has 0 radical (unpaired) electrons. The van der Waals surface area contributed by atoms with Gasteiger partial charge in [-0.1, -0.05) is 0 Å². The molecule has 3 N–H and O–H groups in total. The first-order valence-corrected chi connectivity index (χ1v) is 14.4. The van der Waals surface area contributed by atoms with Crippen LogP contribution in [0.3, 0.4) is 0 Å². The average molecular weight is 561 g/mol. The molecular weight excluding hydrogens is 532 g/mol. The number of hydrogen-bond acceptors (Lipinski definition) is 9. The molecule has 0 bridgehead atoms. The fraction of sp³-hybridized carbons (Fsp3) is 0.280. The van der Waals surface area contributed by atoms with Crippen LogP contribution in [0, 0.1) is 27.7 Å². The van der Waals surface area contributed by atoms with E-state index in [-0.39, 0.29) is 38.9 Å². The Labute approximate surface area is 220 Å². The topological polar surface area (TPSA) is 161 Å². The largest absolute Gasteiger partial charge is 0.508 e. The second-order valence-corrected chi connectivity index (χ2v) is 12.3. The number of hydrogen-bond donors (Lipinski definition) is 3. The second kappa shape index (κ2) is 9.89. The average Bonchev–Trinajstić information content (AvgIpc) is 3.27. The third-order valence-corrected chi connectivity index (χ3v) is 9.53. The molecule has 2 heterocycles.